The second-order valence-electron chi connectivity index (χ2n) is 1.76. The summed E-state index contributed by atoms with van der Waals surface area (Å²) in [6, 6.07) is 0. The van der Waals surface area contributed by atoms with E-state index in [0.717, 1.165) is 6.92 Å². The average molecular weight is 223 g/mol. The summed E-state index contributed by atoms with van der Waals surface area (Å²) in [6.07, 6.45) is 0. The maximum atomic E-state index is 10.5. The average Bonchev–Trinajstić information content (AvgIpc) is 1.56. The summed E-state index contributed by atoms with van der Waals surface area (Å²) in [5, 5.41) is 0. The number of hydrogen-bond acceptors (Lipinski definition) is 3. The topological polar surface area (TPSA) is 83.8 Å². The van der Waals surface area contributed by atoms with Gasteiger partial charge in [0.15, 0.2) is 0 Å². The van der Waals surface area contributed by atoms with Crippen molar-refractivity contribution in [3.05, 3.63) is 0 Å². The molecule has 0 atom stereocenters. The Morgan fingerprint density at radius 1 is 1.55 bits per heavy atom. The van der Waals surface area contributed by atoms with E-state index < -0.39 is 18.1 Å². The van der Waals surface area contributed by atoms with Gasteiger partial charge >= 0.3 is 13.8 Å². The molecule has 0 saturated carbocycles. The Balaban J connectivity index is 4.23. The fourth-order valence-corrected chi connectivity index (χ4v) is 0.771. The molecule has 0 saturated heterocycles. The Morgan fingerprint density at radius 2 is 1.91 bits per heavy atom. The number of phosphoric ester groups is 1. The SMILES string of the molecule is CC(Cl)(Cl)C(=O)OP(=O)(O)O. The number of rotatable bonds is 2. The smallest absolute Gasteiger partial charge is 0.368 e. The van der Waals surface area contributed by atoms with Crippen molar-refractivity contribution in [1.82, 2.24) is 0 Å². The maximum Gasteiger partial charge on any atom is 0.527 e. The minimum absolute atomic E-state index is 1.04. The van der Waals surface area contributed by atoms with Crippen molar-refractivity contribution in [1.29, 1.82) is 0 Å². The molecule has 0 aromatic heterocycles. The van der Waals surface area contributed by atoms with E-state index in [9.17, 15) is 9.36 Å². The van der Waals surface area contributed by atoms with E-state index >= 15 is 0 Å². The first-order chi connectivity index (χ1) is 4.63. The summed E-state index contributed by atoms with van der Waals surface area (Å²) in [7, 11) is -4.84. The molecule has 0 unspecified atom stereocenters. The van der Waals surface area contributed by atoms with E-state index in [1.54, 1.807) is 0 Å². The molecule has 66 valence electrons. The first-order valence-electron chi connectivity index (χ1n) is 2.30. The molecule has 0 heterocycles. The number of hydrogen-bond donors (Lipinski definition) is 2. The van der Waals surface area contributed by atoms with Crippen molar-refractivity contribution in [2.45, 2.75) is 11.3 Å². The van der Waals surface area contributed by atoms with Crippen LogP contribution in [0.2, 0.25) is 0 Å². The molecule has 0 fully saturated rings. The van der Waals surface area contributed by atoms with E-state index in [4.69, 9.17) is 33.0 Å². The van der Waals surface area contributed by atoms with Crippen LogP contribution in [0.15, 0.2) is 0 Å². The first-order valence-corrected chi connectivity index (χ1v) is 4.59. The molecule has 0 aliphatic heterocycles. The van der Waals surface area contributed by atoms with Gasteiger partial charge in [-0.15, -0.1) is 0 Å². The summed E-state index contributed by atoms with van der Waals surface area (Å²) in [6.45, 7) is 1.04. The van der Waals surface area contributed by atoms with Crippen LogP contribution in [-0.2, 0) is 13.9 Å². The maximum absolute atomic E-state index is 10.5. The monoisotopic (exact) mass is 222 g/mol. The third-order valence-electron chi connectivity index (χ3n) is 0.560. The lowest BCUT2D eigenvalue weighted by Crippen LogP contribution is -2.23. The Hall–Kier alpha value is 0.200. The Morgan fingerprint density at radius 3 is 2.00 bits per heavy atom. The highest BCUT2D eigenvalue weighted by atomic mass is 35.5. The Kier molecular flexibility index (Phi) is 3.35. The lowest BCUT2D eigenvalue weighted by Gasteiger charge is -2.11. The van der Waals surface area contributed by atoms with Crippen LogP contribution < -0.4 is 0 Å². The summed E-state index contributed by atoms with van der Waals surface area (Å²) < 4.78 is 11.6. The zero-order valence-electron chi connectivity index (χ0n) is 5.32. The van der Waals surface area contributed by atoms with Gasteiger partial charge in [-0.2, -0.15) is 0 Å². The van der Waals surface area contributed by atoms with Gasteiger partial charge in [0.25, 0.3) is 0 Å². The van der Waals surface area contributed by atoms with Crippen molar-refractivity contribution in [3.63, 3.8) is 0 Å². The van der Waals surface area contributed by atoms with Crippen LogP contribution >= 0.6 is 31.0 Å². The number of halogens is 2. The highest BCUT2D eigenvalue weighted by molar-refractivity contribution is 7.47. The number of alkyl halides is 2. The zero-order valence-corrected chi connectivity index (χ0v) is 7.73. The fourth-order valence-electron chi connectivity index (χ4n) is 0.188. The summed E-state index contributed by atoms with van der Waals surface area (Å²) >= 11 is 10.3. The van der Waals surface area contributed by atoms with Crippen LogP contribution in [0.3, 0.4) is 0 Å². The van der Waals surface area contributed by atoms with Crippen LogP contribution in [-0.4, -0.2) is 20.1 Å². The molecule has 8 heteroatoms. The molecule has 0 rings (SSSR count). The molecule has 0 aromatic carbocycles. The van der Waals surface area contributed by atoms with E-state index in [1.165, 1.54) is 0 Å². The van der Waals surface area contributed by atoms with Gasteiger partial charge in [0.1, 0.15) is 0 Å². The van der Waals surface area contributed by atoms with Crippen molar-refractivity contribution in [2.75, 3.05) is 0 Å². The number of phosphoric acid groups is 1. The van der Waals surface area contributed by atoms with Gasteiger partial charge in [-0.05, 0) is 6.92 Å². The zero-order chi connectivity index (χ0) is 9.28. The van der Waals surface area contributed by atoms with Gasteiger partial charge < -0.3 is 4.52 Å². The summed E-state index contributed by atoms with van der Waals surface area (Å²) in [5.74, 6) is -1.38. The number of carbonyl (C=O) groups excluding carboxylic acids is 1. The third kappa shape index (κ3) is 5.47. The summed E-state index contributed by atoms with van der Waals surface area (Å²) in [5.41, 5.74) is 0. The minimum Gasteiger partial charge on any atom is -0.368 e. The predicted molar refractivity (Wildman–Crippen MR) is 38.2 cm³/mol. The van der Waals surface area contributed by atoms with Crippen LogP contribution in [0.4, 0.5) is 0 Å². The second kappa shape index (κ2) is 3.29. The largest absolute Gasteiger partial charge is 0.527 e. The quantitative estimate of drug-likeness (QED) is 0.534. The predicted octanol–water partition coefficient (Wildman–Crippen LogP) is 0.816. The van der Waals surface area contributed by atoms with Gasteiger partial charge in [-0.1, -0.05) is 23.2 Å². The molecule has 5 nitrogen and oxygen atoms in total. The van der Waals surface area contributed by atoms with Gasteiger partial charge in [-0.25, -0.2) is 9.36 Å². The fraction of sp³-hybridized carbons (Fsp3) is 0.667. The highest BCUT2D eigenvalue weighted by Gasteiger charge is 2.34. The molecule has 0 amide bonds. The Labute approximate surface area is 72.5 Å². The van der Waals surface area contributed by atoms with Gasteiger partial charge in [0.05, 0.1) is 0 Å². The molecule has 0 aliphatic rings. The van der Waals surface area contributed by atoms with E-state index in [-0.39, 0.29) is 0 Å². The van der Waals surface area contributed by atoms with Crippen molar-refractivity contribution >= 4 is 37.0 Å². The lowest BCUT2D eigenvalue weighted by molar-refractivity contribution is -0.136. The minimum atomic E-state index is -4.84. The molecule has 0 bridgehead atoms. The van der Waals surface area contributed by atoms with Gasteiger partial charge in [-0.3, -0.25) is 9.79 Å². The molecule has 11 heavy (non-hydrogen) atoms. The highest BCUT2D eigenvalue weighted by Crippen LogP contribution is 2.39. The van der Waals surface area contributed by atoms with Crippen LogP contribution in [0.25, 0.3) is 0 Å². The summed E-state index contributed by atoms with van der Waals surface area (Å²) in [4.78, 5) is 26.7. The molecule has 0 radical (unpaired) electrons. The van der Waals surface area contributed by atoms with Gasteiger partial charge in [0.2, 0.25) is 4.33 Å². The molecule has 0 aliphatic carbocycles. The van der Waals surface area contributed by atoms with Crippen LogP contribution in [0.5, 0.6) is 0 Å². The molecule has 0 aromatic rings. The lowest BCUT2D eigenvalue weighted by atomic mass is 10.5. The van der Waals surface area contributed by atoms with Gasteiger partial charge in [0, 0.05) is 0 Å². The van der Waals surface area contributed by atoms with Crippen LogP contribution in [0.1, 0.15) is 6.92 Å². The third-order valence-corrected chi connectivity index (χ3v) is 1.27. The van der Waals surface area contributed by atoms with E-state index in [2.05, 4.69) is 4.52 Å². The first kappa shape index (κ1) is 11.2. The number of carbonyl (C=O) groups is 1. The van der Waals surface area contributed by atoms with Crippen molar-refractivity contribution < 1.29 is 23.7 Å². The van der Waals surface area contributed by atoms with E-state index in [1.807, 2.05) is 0 Å². The van der Waals surface area contributed by atoms with Crippen molar-refractivity contribution in [2.24, 2.45) is 0 Å². The second-order valence-corrected chi connectivity index (χ2v) is 4.63. The van der Waals surface area contributed by atoms with Crippen molar-refractivity contribution in [3.8, 4) is 0 Å². The molecular weight excluding hydrogens is 218 g/mol. The van der Waals surface area contributed by atoms with E-state index in [0.29, 0.717) is 0 Å². The Bertz CT molecular complexity index is 202. The van der Waals surface area contributed by atoms with Crippen LogP contribution in [0, 0.1) is 0 Å². The molecular formula is C3H5Cl2O5P. The standard InChI is InChI=1S/C3H5Cl2O5P/c1-3(4,5)2(6)10-11(7,8)9/h1H3,(H2,7,8,9). The normalized spacial score (nSPS) is 12.8. The molecule has 2 N–H and O–H groups in total. The molecule has 0 spiro atoms.